The Morgan fingerprint density at radius 1 is 1.35 bits per heavy atom. The molecule has 1 saturated heterocycles. The van der Waals surface area contributed by atoms with E-state index in [0.717, 1.165) is 29.9 Å². The maximum Gasteiger partial charge on any atom is 0.158 e. The molecule has 0 N–H and O–H groups in total. The van der Waals surface area contributed by atoms with Crippen molar-refractivity contribution in [2.45, 2.75) is 25.9 Å². The molecule has 0 aromatic carbocycles. The summed E-state index contributed by atoms with van der Waals surface area (Å²) < 4.78 is 11.6. The zero-order valence-electron chi connectivity index (χ0n) is 10.2. The Balaban J connectivity index is 2.11. The Labute approximate surface area is 103 Å². The van der Waals surface area contributed by atoms with Gasteiger partial charge in [-0.05, 0) is 37.5 Å². The molecule has 90 valence electrons. The Bertz CT molecular complexity index is 411. The van der Waals surface area contributed by atoms with E-state index in [4.69, 9.17) is 9.47 Å². The first-order valence-electron chi connectivity index (χ1n) is 6.00. The topological polar surface area (TPSA) is 18.5 Å². The van der Waals surface area contributed by atoms with Gasteiger partial charge < -0.3 is 9.47 Å². The lowest BCUT2D eigenvalue weighted by atomic mass is 10.1. The molecule has 2 rings (SSSR count). The summed E-state index contributed by atoms with van der Waals surface area (Å²) in [6.07, 6.45) is 14.0. The molecule has 0 radical (unpaired) electrons. The van der Waals surface area contributed by atoms with Crippen LogP contribution in [0.5, 0.6) is 0 Å². The quantitative estimate of drug-likeness (QED) is 0.689. The predicted molar refractivity (Wildman–Crippen MR) is 69.3 cm³/mol. The van der Waals surface area contributed by atoms with Crippen molar-refractivity contribution in [3.63, 3.8) is 0 Å². The van der Waals surface area contributed by atoms with Crippen molar-refractivity contribution in [3.05, 3.63) is 60.1 Å². The van der Waals surface area contributed by atoms with Crippen LogP contribution in [0.25, 0.3) is 0 Å². The minimum Gasteiger partial charge on any atom is -0.486 e. The highest BCUT2D eigenvalue weighted by Crippen LogP contribution is 2.29. The van der Waals surface area contributed by atoms with E-state index in [-0.39, 0.29) is 6.10 Å². The zero-order valence-corrected chi connectivity index (χ0v) is 10.2. The highest BCUT2D eigenvalue weighted by atomic mass is 16.6. The standard InChI is InChI=1S/C15H18O2/c1-3-5-8-12(4-2)15-11-16-13-9-6-7-10-14(13)17-15/h3-5,8-10,15H,2,6-7,11H2,1H3/b5-3-,12-8+. The lowest BCUT2D eigenvalue weighted by molar-refractivity contribution is 0.0122. The second kappa shape index (κ2) is 5.58. The van der Waals surface area contributed by atoms with Crippen molar-refractivity contribution in [1.82, 2.24) is 0 Å². The lowest BCUT2D eigenvalue weighted by Crippen LogP contribution is -2.28. The molecule has 0 saturated carbocycles. The van der Waals surface area contributed by atoms with Crippen LogP contribution >= 0.6 is 0 Å². The first-order valence-corrected chi connectivity index (χ1v) is 6.00. The van der Waals surface area contributed by atoms with E-state index in [0.29, 0.717) is 6.61 Å². The molecular formula is C15H18O2. The fourth-order valence-corrected chi connectivity index (χ4v) is 1.90. The van der Waals surface area contributed by atoms with Crippen LogP contribution in [0, 0.1) is 0 Å². The van der Waals surface area contributed by atoms with Gasteiger partial charge >= 0.3 is 0 Å². The Kier molecular flexibility index (Phi) is 3.86. The minimum absolute atomic E-state index is 0.0507. The molecule has 0 aromatic rings. The van der Waals surface area contributed by atoms with Gasteiger partial charge in [0.15, 0.2) is 17.6 Å². The van der Waals surface area contributed by atoms with Crippen molar-refractivity contribution < 1.29 is 9.47 Å². The Morgan fingerprint density at radius 3 is 2.82 bits per heavy atom. The van der Waals surface area contributed by atoms with Crippen LogP contribution in [0.4, 0.5) is 0 Å². The monoisotopic (exact) mass is 230 g/mol. The fourth-order valence-electron chi connectivity index (χ4n) is 1.90. The first kappa shape index (κ1) is 11.8. The number of ether oxygens (including phenoxy) is 2. The van der Waals surface area contributed by atoms with Crippen LogP contribution in [0.15, 0.2) is 60.1 Å². The summed E-state index contributed by atoms with van der Waals surface area (Å²) >= 11 is 0. The number of hydrogen-bond acceptors (Lipinski definition) is 2. The first-order chi connectivity index (χ1) is 8.35. The van der Waals surface area contributed by atoms with Gasteiger partial charge in [-0.3, -0.25) is 0 Å². The van der Waals surface area contributed by atoms with Gasteiger partial charge in [0.1, 0.15) is 6.61 Å². The van der Waals surface area contributed by atoms with Gasteiger partial charge in [0, 0.05) is 0 Å². The van der Waals surface area contributed by atoms with Gasteiger partial charge in [0.05, 0.1) is 0 Å². The van der Waals surface area contributed by atoms with Crippen LogP contribution < -0.4 is 0 Å². The summed E-state index contributed by atoms with van der Waals surface area (Å²) in [5.41, 5.74) is 1.05. The number of fused-ring (bicyclic) bond motifs is 1. The number of rotatable bonds is 3. The van der Waals surface area contributed by atoms with Crippen molar-refractivity contribution >= 4 is 0 Å². The van der Waals surface area contributed by atoms with Crippen molar-refractivity contribution in [1.29, 1.82) is 0 Å². The highest BCUT2D eigenvalue weighted by Gasteiger charge is 2.25. The van der Waals surface area contributed by atoms with Gasteiger partial charge in [-0.2, -0.15) is 0 Å². The molecule has 1 atom stereocenters. The lowest BCUT2D eigenvalue weighted by Gasteiger charge is -2.30. The second-order valence-corrected chi connectivity index (χ2v) is 4.03. The fraction of sp³-hybridized carbons (Fsp3) is 0.333. The highest BCUT2D eigenvalue weighted by molar-refractivity contribution is 5.31. The summed E-state index contributed by atoms with van der Waals surface area (Å²) in [5.74, 6) is 1.77. The third kappa shape index (κ3) is 2.70. The Morgan fingerprint density at radius 2 is 2.12 bits per heavy atom. The molecule has 2 aliphatic rings. The maximum absolute atomic E-state index is 5.93. The maximum atomic E-state index is 5.93. The van der Waals surface area contributed by atoms with E-state index >= 15 is 0 Å². The van der Waals surface area contributed by atoms with E-state index in [1.165, 1.54) is 0 Å². The van der Waals surface area contributed by atoms with Gasteiger partial charge in [-0.1, -0.05) is 30.9 Å². The average Bonchev–Trinajstić information content (AvgIpc) is 2.39. The van der Waals surface area contributed by atoms with E-state index in [1.807, 2.05) is 31.2 Å². The Hall–Kier alpha value is -1.70. The molecule has 0 amide bonds. The predicted octanol–water partition coefficient (Wildman–Crippen LogP) is 3.65. The summed E-state index contributed by atoms with van der Waals surface area (Å²) in [6.45, 7) is 6.36. The third-order valence-electron chi connectivity index (χ3n) is 2.82. The molecule has 2 nitrogen and oxygen atoms in total. The summed E-state index contributed by atoms with van der Waals surface area (Å²) in [4.78, 5) is 0. The SMILES string of the molecule is C=C/C(=C\C=C/C)C1COC2=CCCC=C2O1. The molecule has 1 heterocycles. The summed E-state index contributed by atoms with van der Waals surface area (Å²) in [5, 5.41) is 0. The van der Waals surface area contributed by atoms with Gasteiger partial charge in [-0.15, -0.1) is 0 Å². The molecule has 0 bridgehead atoms. The molecule has 1 aliphatic heterocycles. The molecule has 17 heavy (non-hydrogen) atoms. The molecule has 2 heteroatoms. The van der Waals surface area contributed by atoms with Crippen molar-refractivity contribution in [2.75, 3.05) is 6.61 Å². The summed E-state index contributed by atoms with van der Waals surface area (Å²) in [7, 11) is 0. The third-order valence-corrected chi connectivity index (χ3v) is 2.82. The van der Waals surface area contributed by atoms with Crippen LogP contribution in [0.2, 0.25) is 0 Å². The van der Waals surface area contributed by atoms with Crippen LogP contribution in [0.1, 0.15) is 19.8 Å². The largest absolute Gasteiger partial charge is 0.486 e. The van der Waals surface area contributed by atoms with Gasteiger partial charge in [0.25, 0.3) is 0 Å². The van der Waals surface area contributed by atoms with Crippen molar-refractivity contribution in [2.24, 2.45) is 0 Å². The van der Waals surface area contributed by atoms with Crippen LogP contribution in [-0.2, 0) is 9.47 Å². The van der Waals surface area contributed by atoms with Crippen LogP contribution in [-0.4, -0.2) is 12.7 Å². The smallest absolute Gasteiger partial charge is 0.158 e. The minimum atomic E-state index is -0.0507. The molecule has 1 aliphatic carbocycles. The van der Waals surface area contributed by atoms with Gasteiger partial charge in [0.2, 0.25) is 0 Å². The van der Waals surface area contributed by atoms with E-state index in [1.54, 1.807) is 0 Å². The molecule has 1 unspecified atom stereocenters. The molecule has 0 spiro atoms. The number of hydrogen-bond donors (Lipinski definition) is 0. The van der Waals surface area contributed by atoms with E-state index < -0.39 is 0 Å². The average molecular weight is 230 g/mol. The molecular weight excluding hydrogens is 212 g/mol. The van der Waals surface area contributed by atoms with E-state index in [9.17, 15) is 0 Å². The van der Waals surface area contributed by atoms with Crippen LogP contribution in [0.3, 0.4) is 0 Å². The molecule has 1 fully saturated rings. The van der Waals surface area contributed by atoms with Crippen molar-refractivity contribution in [3.8, 4) is 0 Å². The summed E-state index contributed by atoms with van der Waals surface area (Å²) in [6, 6.07) is 0. The van der Waals surface area contributed by atoms with E-state index in [2.05, 4.69) is 18.7 Å². The van der Waals surface area contributed by atoms with Gasteiger partial charge in [-0.25, -0.2) is 0 Å². The molecule has 0 aromatic heterocycles. The normalized spacial score (nSPS) is 24.3. The zero-order chi connectivity index (χ0) is 12.1. The number of allylic oxidation sites excluding steroid dienone is 5. The second-order valence-electron chi connectivity index (χ2n) is 4.03.